The summed E-state index contributed by atoms with van der Waals surface area (Å²) >= 11 is 0. The summed E-state index contributed by atoms with van der Waals surface area (Å²) in [5.74, 6) is -1.47. The summed E-state index contributed by atoms with van der Waals surface area (Å²) in [6.45, 7) is 1.12. The number of carbonyl (C=O) groups excluding carboxylic acids is 1. The molecule has 0 heterocycles. The van der Waals surface area contributed by atoms with Gasteiger partial charge in [0.2, 0.25) is 5.91 Å². The van der Waals surface area contributed by atoms with E-state index in [4.69, 9.17) is 19.4 Å². The Hall–Kier alpha value is -0.600. The largest absolute Gasteiger partial charge is 0.480 e. The molecule has 0 aromatic carbocycles. The number of carbonyl (C=O) groups is 2. The highest BCUT2D eigenvalue weighted by Crippen LogP contribution is 2.38. The normalized spacial score (nSPS) is 14.7. The molecule has 15 heteroatoms. The Morgan fingerprint density at radius 1 is 1.21 bits per heavy atom. The van der Waals surface area contributed by atoms with Crippen LogP contribution in [0.5, 0.6) is 0 Å². The Balaban J connectivity index is 4.06. The summed E-state index contributed by atoms with van der Waals surface area (Å²) in [6, 6.07) is -1.62. The second kappa shape index (κ2) is 13.6. The van der Waals surface area contributed by atoms with E-state index in [1.165, 1.54) is 21.6 Å². The molecule has 28 heavy (non-hydrogen) atoms. The van der Waals surface area contributed by atoms with Crippen LogP contribution in [0.25, 0.3) is 0 Å². The minimum Gasteiger partial charge on any atom is -0.480 e. The number of rotatable bonds is 15. The summed E-state index contributed by atoms with van der Waals surface area (Å²) in [4.78, 5) is 40.3. The predicted molar refractivity (Wildman–Crippen MR) is 106 cm³/mol. The fraction of sp³-hybridized carbons (Fsp3) is 0.692. The minimum atomic E-state index is -4.89. The molecule has 0 spiro atoms. The third-order valence-corrected chi connectivity index (χ3v) is 7.04. The summed E-state index contributed by atoms with van der Waals surface area (Å²) in [7, 11) is -6.01. The van der Waals surface area contributed by atoms with Crippen LogP contribution in [-0.2, 0) is 28.8 Å². The first-order chi connectivity index (χ1) is 12.8. The zero-order valence-corrected chi connectivity index (χ0v) is 18.3. The highest BCUT2D eigenvalue weighted by Gasteiger charge is 2.31. The average Bonchev–Trinajstić information content (AvgIpc) is 2.51. The van der Waals surface area contributed by atoms with Gasteiger partial charge in [-0.2, -0.15) is 8.42 Å². The standard InChI is InChI=1S/C13H24NO10PS3/c1-10(24-25(18,19)20)12(13(16)17)14-11(15)6-4-2-3-5-7-26-27-8-9-28(21,22)23/h4,6,10,12H,2-3,5,7-9H2,1H3,(H,14,15)(H,16,17)(H2,18,19,20)(H,21,22,23)/b6-4-/t10-,12+/m1/s1. The van der Waals surface area contributed by atoms with Gasteiger partial charge in [0.05, 0.1) is 11.9 Å². The number of hydrogen-bond acceptors (Lipinski definition) is 8. The molecule has 0 aliphatic heterocycles. The van der Waals surface area contributed by atoms with Crippen molar-refractivity contribution in [3.63, 3.8) is 0 Å². The maximum atomic E-state index is 11.7. The molecule has 0 bridgehead atoms. The van der Waals surface area contributed by atoms with Crippen LogP contribution in [0.15, 0.2) is 12.2 Å². The van der Waals surface area contributed by atoms with Crippen molar-refractivity contribution in [3.05, 3.63) is 12.2 Å². The number of unbranched alkanes of at least 4 members (excludes halogenated alkanes) is 2. The second-order valence-electron chi connectivity index (χ2n) is 5.45. The molecule has 0 aliphatic carbocycles. The lowest BCUT2D eigenvalue weighted by atomic mass is 10.2. The maximum absolute atomic E-state index is 11.7. The van der Waals surface area contributed by atoms with Gasteiger partial charge in [-0.25, -0.2) is 9.36 Å². The Kier molecular flexibility index (Phi) is 13.3. The fourth-order valence-electron chi connectivity index (χ4n) is 1.73. The molecule has 5 N–H and O–H groups in total. The lowest BCUT2D eigenvalue weighted by Crippen LogP contribution is -2.47. The Labute approximate surface area is 171 Å². The van der Waals surface area contributed by atoms with Crippen LogP contribution in [0.1, 0.15) is 26.2 Å². The quantitative estimate of drug-likeness (QED) is 0.0736. The Morgan fingerprint density at radius 3 is 2.36 bits per heavy atom. The molecule has 0 aliphatic rings. The summed E-state index contributed by atoms with van der Waals surface area (Å²) < 4.78 is 44.6. The smallest absolute Gasteiger partial charge is 0.469 e. The molecule has 0 aromatic heterocycles. The molecule has 11 nitrogen and oxygen atoms in total. The number of carboxylic acids is 1. The first kappa shape index (κ1) is 27.4. The number of allylic oxidation sites excluding steroid dienone is 1. The molecular weight excluding hydrogens is 457 g/mol. The minimum absolute atomic E-state index is 0.290. The lowest BCUT2D eigenvalue weighted by molar-refractivity contribution is -0.143. The second-order valence-corrected chi connectivity index (χ2v) is 10.9. The topological polar surface area (TPSA) is 188 Å². The molecule has 2 atom stereocenters. The summed E-state index contributed by atoms with van der Waals surface area (Å²) in [5.41, 5.74) is 0. The molecule has 0 rings (SSSR count). The van der Waals surface area contributed by atoms with Crippen molar-refractivity contribution in [3.8, 4) is 0 Å². The van der Waals surface area contributed by atoms with Gasteiger partial charge in [0.25, 0.3) is 10.1 Å². The van der Waals surface area contributed by atoms with Gasteiger partial charge in [-0.3, -0.25) is 13.9 Å². The van der Waals surface area contributed by atoms with Crippen LogP contribution in [-0.4, -0.2) is 69.1 Å². The number of amides is 1. The van der Waals surface area contributed by atoms with Crippen LogP contribution in [0.2, 0.25) is 0 Å². The Morgan fingerprint density at radius 2 is 1.82 bits per heavy atom. The van der Waals surface area contributed by atoms with E-state index < -0.39 is 42.0 Å². The van der Waals surface area contributed by atoms with Gasteiger partial charge in [0.1, 0.15) is 0 Å². The third kappa shape index (κ3) is 16.4. The van der Waals surface area contributed by atoms with Crippen molar-refractivity contribution in [2.45, 2.75) is 38.3 Å². The molecule has 0 unspecified atom stereocenters. The molecule has 0 aromatic rings. The molecule has 0 saturated heterocycles. The van der Waals surface area contributed by atoms with Crippen molar-refractivity contribution in [1.82, 2.24) is 5.32 Å². The molecule has 0 fully saturated rings. The fourth-order valence-corrected chi connectivity index (χ4v) is 5.63. The molecule has 1 amide bonds. The third-order valence-electron chi connectivity index (χ3n) is 2.96. The SMILES string of the molecule is C[C@@H](OP(=O)(O)O)[C@H](NC(=O)/C=C\CCCCSSCCS(=O)(=O)O)C(=O)O. The molecule has 0 saturated carbocycles. The zero-order valence-electron chi connectivity index (χ0n) is 15.0. The van der Waals surface area contributed by atoms with Gasteiger partial charge in [0.15, 0.2) is 6.04 Å². The maximum Gasteiger partial charge on any atom is 0.469 e. The van der Waals surface area contributed by atoms with Crippen LogP contribution in [0.3, 0.4) is 0 Å². The van der Waals surface area contributed by atoms with Crippen molar-refractivity contribution in [2.75, 3.05) is 17.3 Å². The highest BCUT2D eigenvalue weighted by atomic mass is 33.1. The lowest BCUT2D eigenvalue weighted by Gasteiger charge is -2.21. The molecular formula is C13H24NO10PS3. The van der Waals surface area contributed by atoms with Crippen LogP contribution in [0, 0.1) is 0 Å². The molecule has 164 valence electrons. The van der Waals surface area contributed by atoms with Crippen molar-refractivity contribution >= 4 is 51.4 Å². The predicted octanol–water partition coefficient (Wildman–Crippen LogP) is 1.05. The molecule has 0 radical (unpaired) electrons. The first-order valence-corrected chi connectivity index (χ1v) is 13.6. The van der Waals surface area contributed by atoms with Crippen LogP contribution >= 0.6 is 29.4 Å². The van der Waals surface area contributed by atoms with Gasteiger partial charge >= 0.3 is 13.8 Å². The van der Waals surface area contributed by atoms with Crippen molar-refractivity contribution in [2.24, 2.45) is 0 Å². The van der Waals surface area contributed by atoms with Crippen molar-refractivity contribution in [1.29, 1.82) is 0 Å². The van der Waals surface area contributed by atoms with E-state index in [1.54, 1.807) is 6.08 Å². The van der Waals surface area contributed by atoms with Crippen LogP contribution in [0.4, 0.5) is 0 Å². The van der Waals surface area contributed by atoms with E-state index >= 15 is 0 Å². The van der Waals surface area contributed by atoms with Gasteiger partial charge in [0, 0.05) is 11.5 Å². The van der Waals surface area contributed by atoms with Gasteiger partial charge < -0.3 is 20.2 Å². The van der Waals surface area contributed by atoms with Crippen molar-refractivity contribution < 1.29 is 46.5 Å². The highest BCUT2D eigenvalue weighted by molar-refractivity contribution is 8.76. The number of phosphoric acid groups is 1. The number of nitrogens with one attached hydrogen (secondary N) is 1. The zero-order chi connectivity index (χ0) is 21.8. The van der Waals surface area contributed by atoms with E-state index in [0.717, 1.165) is 31.6 Å². The average molecular weight is 482 g/mol. The van der Waals surface area contributed by atoms with Gasteiger partial charge in [-0.05, 0) is 32.3 Å². The Bertz CT molecular complexity index is 678. The number of carboxylic acid groups (broad SMARTS) is 1. The van der Waals surface area contributed by atoms with E-state index in [-0.39, 0.29) is 5.75 Å². The summed E-state index contributed by atoms with van der Waals surface area (Å²) in [5, 5.41) is 11.1. The number of aliphatic carboxylic acids is 1. The number of hydrogen-bond donors (Lipinski definition) is 5. The van der Waals surface area contributed by atoms with E-state index in [2.05, 4.69) is 9.84 Å². The first-order valence-electron chi connectivity index (χ1n) is 7.95. The summed E-state index contributed by atoms with van der Waals surface area (Å²) in [6.07, 6.45) is 3.34. The van der Waals surface area contributed by atoms with E-state index in [9.17, 15) is 22.6 Å². The van der Waals surface area contributed by atoms with Gasteiger partial charge in [-0.15, -0.1) is 0 Å². The van der Waals surface area contributed by atoms with Gasteiger partial charge in [-0.1, -0.05) is 27.7 Å². The van der Waals surface area contributed by atoms with E-state index in [0.29, 0.717) is 12.2 Å². The van der Waals surface area contributed by atoms with E-state index in [1.807, 2.05) is 0 Å². The number of phosphoric ester groups is 1. The monoisotopic (exact) mass is 481 g/mol. The van der Waals surface area contributed by atoms with Crippen LogP contribution < -0.4 is 5.32 Å².